The summed E-state index contributed by atoms with van der Waals surface area (Å²) in [6.45, 7) is 2.01. The molecule has 3 aromatic rings. The number of ether oxygens (including phenoxy) is 1. The number of thioether (sulfide) groups is 1. The first-order chi connectivity index (χ1) is 17.1. The van der Waals surface area contributed by atoms with Crippen LogP contribution in [0, 0.1) is 0 Å². The molecule has 2 aromatic heterocycles. The molecule has 2 aliphatic rings. The van der Waals surface area contributed by atoms with Crippen LogP contribution in [-0.4, -0.2) is 83.6 Å². The molecule has 0 saturated heterocycles. The predicted octanol–water partition coefficient (Wildman–Crippen LogP) is 1.90. The molecule has 10 nitrogen and oxygen atoms in total. The van der Waals surface area contributed by atoms with Crippen molar-refractivity contribution >= 4 is 28.7 Å². The number of rotatable bonds is 10. The van der Waals surface area contributed by atoms with E-state index in [9.17, 15) is 10.2 Å². The van der Waals surface area contributed by atoms with Gasteiger partial charge in [-0.05, 0) is 18.4 Å². The maximum absolute atomic E-state index is 10.8. The van der Waals surface area contributed by atoms with Crippen LogP contribution in [0.4, 0.5) is 5.82 Å². The third-order valence-electron chi connectivity index (χ3n) is 6.30. The van der Waals surface area contributed by atoms with Gasteiger partial charge in [-0.15, -0.1) is 5.10 Å². The van der Waals surface area contributed by atoms with E-state index in [1.807, 2.05) is 6.07 Å². The van der Waals surface area contributed by atoms with Crippen LogP contribution in [-0.2, 0) is 4.74 Å². The van der Waals surface area contributed by atoms with Crippen LogP contribution in [0.5, 0.6) is 0 Å². The number of nitrogens with one attached hydrogen (secondary N) is 1. The Balaban J connectivity index is 1.44. The number of benzene rings is 1. The summed E-state index contributed by atoms with van der Waals surface area (Å²) in [5.41, 5.74) is 2.31. The highest BCUT2D eigenvalue weighted by atomic mass is 32.2. The summed E-state index contributed by atoms with van der Waals surface area (Å²) in [6, 6.07) is 9.97. The summed E-state index contributed by atoms with van der Waals surface area (Å²) in [7, 11) is 0. The molecule has 2 heterocycles. The summed E-state index contributed by atoms with van der Waals surface area (Å²) in [6.07, 6.45) is 2.32. The lowest BCUT2D eigenvalue weighted by atomic mass is 9.94. The van der Waals surface area contributed by atoms with Gasteiger partial charge in [-0.3, -0.25) is 0 Å². The van der Waals surface area contributed by atoms with Gasteiger partial charge in [0.05, 0.1) is 13.2 Å². The summed E-state index contributed by atoms with van der Waals surface area (Å²) in [4.78, 5) is 9.44. The van der Waals surface area contributed by atoms with Gasteiger partial charge in [0.25, 0.3) is 0 Å². The van der Waals surface area contributed by atoms with Gasteiger partial charge >= 0.3 is 0 Å². The molecule has 1 saturated carbocycles. The molecular weight excluding hydrogens is 468 g/mol. The molecule has 1 aromatic carbocycles. The molecular formula is C24H30N6O4S. The van der Waals surface area contributed by atoms with Gasteiger partial charge in [0.2, 0.25) is 0 Å². The number of aliphatic hydroxyl groups is 3. The Morgan fingerprint density at radius 2 is 1.97 bits per heavy atom. The van der Waals surface area contributed by atoms with Crippen molar-refractivity contribution in [1.29, 1.82) is 0 Å². The normalized spacial score (nSPS) is 27.9. The number of aliphatic hydroxyl groups excluding tert-OH is 3. The number of anilines is 1. The highest BCUT2D eigenvalue weighted by Gasteiger charge is 2.40. The summed E-state index contributed by atoms with van der Waals surface area (Å²) >= 11 is 1.56. The van der Waals surface area contributed by atoms with Crippen molar-refractivity contribution in [2.45, 2.75) is 61.2 Å². The van der Waals surface area contributed by atoms with Gasteiger partial charge in [-0.2, -0.15) is 0 Å². The predicted molar refractivity (Wildman–Crippen MR) is 132 cm³/mol. The second-order valence-electron chi connectivity index (χ2n) is 8.83. The Bertz CT molecular complexity index is 1180. The fourth-order valence-corrected chi connectivity index (χ4v) is 5.08. The highest BCUT2D eigenvalue weighted by molar-refractivity contribution is 7.99. The molecule has 2 aliphatic carbocycles. The topological polar surface area (TPSA) is 138 Å². The molecule has 0 aliphatic heterocycles. The molecule has 4 N–H and O–H groups in total. The molecule has 11 heteroatoms. The molecule has 35 heavy (non-hydrogen) atoms. The van der Waals surface area contributed by atoms with Gasteiger partial charge in [0.15, 0.2) is 22.1 Å². The van der Waals surface area contributed by atoms with Gasteiger partial charge in [0.1, 0.15) is 24.4 Å². The largest absolute Gasteiger partial charge is 0.394 e. The van der Waals surface area contributed by atoms with E-state index in [2.05, 4.69) is 46.8 Å². The minimum atomic E-state index is -1.18. The van der Waals surface area contributed by atoms with Gasteiger partial charge in [-0.1, -0.05) is 66.4 Å². The Hall–Kier alpha value is -2.57. The van der Waals surface area contributed by atoms with E-state index in [0.717, 1.165) is 18.6 Å². The fraction of sp³-hybridized carbons (Fsp3) is 0.500. The molecule has 1 fully saturated rings. The Morgan fingerprint density at radius 3 is 2.74 bits per heavy atom. The van der Waals surface area contributed by atoms with E-state index >= 15 is 0 Å². The Morgan fingerprint density at radius 1 is 1.14 bits per heavy atom. The van der Waals surface area contributed by atoms with E-state index in [1.165, 1.54) is 10.2 Å². The van der Waals surface area contributed by atoms with Crippen molar-refractivity contribution in [3.8, 4) is 0 Å². The summed E-state index contributed by atoms with van der Waals surface area (Å²) < 4.78 is 6.95. The van der Waals surface area contributed by atoms with Crippen LogP contribution in [0.2, 0.25) is 0 Å². The van der Waals surface area contributed by atoms with Crippen LogP contribution in [0.25, 0.3) is 11.2 Å². The van der Waals surface area contributed by atoms with E-state index in [-0.39, 0.29) is 19.3 Å². The van der Waals surface area contributed by atoms with Gasteiger partial charge in [-0.25, -0.2) is 14.6 Å². The van der Waals surface area contributed by atoms with Crippen molar-refractivity contribution in [3.05, 3.63) is 48.0 Å². The van der Waals surface area contributed by atoms with Crippen molar-refractivity contribution < 1.29 is 20.1 Å². The first-order valence-corrected chi connectivity index (χ1v) is 12.9. The lowest BCUT2D eigenvalue weighted by Crippen LogP contribution is -2.46. The standard InChI is InChI=1S/C24H30N6O4S/c1-2-12-35-24-26-22(25-16-13-15(16)14-6-4-3-5-7-14)19-23(27-24)30(29-28-19)17-8-9-18(34-11-10-31)21(33)20(17)32/h3-9,15-18,20-21,31-33H,2,10-13H2,1H3,(H,25,26,27)/t15?,16?,17-,18+,20+,21-/m1/s1. The number of hydrogen-bond donors (Lipinski definition) is 4. The zero-order valence-corrected chi connectivity index (χ0v) is 20.3. The number of nitrogens with zero attached hydrogens (tertiary/aromatic N) is 5. The first kappa shape index (κ1) is 24.1. The van der Waals surface area contributed by atoms with Crippen molar-refractivity contribution in [1.82, 2.24) is 25.0 Å². The van der Waals surface area contributed by atoms with E-state index in [4.69, 9.17) is 19.8 Å². The molecule has 0 spiro atoms. The third kappa shape index (κ3) is 5.05. The average molecular weight is 499 g/mol. The first-order valence-electron chi connectivity index (χ1n) is 11.9. The molecule has 0 bridgehead atoms. The minimum absolute atomic E-state index is 0.0706. The zero-order valence-electron chi connectivity index (χ0n) is 19.4. The van der Waals surface area contributed by atoms with E-state index in [0.29, 0.717) is 28.1 Å². The molecule has 0 amide bonds. The molecule has 0 radical (unpaired) electrons. The van der Waals surface area contributed by atoms with Crippen molar-refractivity contribution in [2.24, 2.45) is 0 Å². The van der Waals surface area contributed by atoms with E-state index in [1.54, 1.807) is 23.9 Å². The lowest BCUT2D eigenvalue weighted by Gasteiger charge is -2.32. The zero-order chi connectivity index (χ0) is 24.4. The van der Waals surface area contributed by atoms with Crippen LogP contribution < -0.4 is 5.32 Å². The average Bonchev–Trinajstić information content (AvgIpc) is 3.52. The van der Waals surface area contributed by atoms with Gasteiger partial charge < -0.3 is 25.4 Å². The fourth-order valence-electron chi connectivity index (χ4n) is 4.38. The molecule has 2 unspecified atom stereocenters. The number of hydrogen-bond acceptors (Lipinski definition) is 10. The van der Waals surface area contributed by atoms with Crippen molar-refractivity contribution in [2.75, 3.05) is 24.3 Å². The van der Waals surface area contributed by atoms with Gasteiger partial charge in [0, 0.05) is 17.7 Å². The summed E-state index contributed by atoms with van der Waals surface area (Å²) in [5, 5.41) is 43.2. The van der Waals surface area contributed by atoms with Crippen LogP contribution in [0.15, 0.2) is 47.6 Å². The van der Waals surface area contributed by atoms with Crippen LogP contribution in [0.1, 0.15) is 37.3 Å². The Labute approximate surface area is 207 Å². The second-order valence-corrected chi connectivity index (χ2v) is 9.89. The Kier molecular flexibility index (Phi) is 7.30. The highest BCUT2D eigenvalue weighted by Crippen LogP contribution is 2.43. The number of fused-ring (bicyclic) bond motifs is 1. The van der Waals surface area contributed by atoms with Crippen molar-refractivity contribution in [3.63, 3.8) is 0 Å². The SMILES string of the molecule is CCCSc1nc(NC2CC2c2ccccc2)c2nnn([C@@H]3C=C[C@H](OCCO)[C@@H](O)[C@H]3O)c2n1. The maximum Gasteiger partial charge on any atom is 0.191 e. The third-order valence-corrected chi connectivity index (χ3v) is 7.35. The minimum Gasteiger partial charge on any atom is -0.394 e. The summed E-state index contributed by atoms with van der Waals surface area (Å²) in [5.74, 6) is 1.91. The van der Waals surface area contributed by atoms with E-state index < -0.39 is 24.4 Å². The van der Waals surface area contributed by atoms with Crippen LogP contribution >= 0.6 is 11.8 Å². The molecule has 5 rings (SSSR count). The number of aromatic nitrogens is 5. The molecule has 186 valence electrons. The second kappa shape index (κ2) is 10.6. The quantitative estimate of drug-likeness (QED) is 0.186. The van der Waals surface area contributed by atoms with Crippen LogP contribution in [0.3, 0.4) is 0 Å². The maximum atomic E-state index is 10.8. The smallest absolute Gasteiger partial charge is 0.191 e. The lowest BCUT2D eigenvalue weighted by molar-refractivity contribution is -0.0924. The monoisotopic (exact) mass is 498 g/mol. The molecule has 6 atom stereocenters.